The monoisotopic (exact) mass is 436 g/mol. The summed E-state index contributed by atoms with van der Waals surface area (Å²) in [5.74, 6) is 2.14. The summed E-state index contributed by atoms with van der Waals surface area (Å²) in [7, 11) is 1.71. The molecule has 0 aromatic carbocycles. The minimum atomic E-state index is 0.385. The zero-order valence-corrected chi connectivity index (χ0v) is 18.5. The molecule has 32 heavy (non-hydrogen) atoms. The van der Waals surface area contributed by atoms with E-state index in [9.17, 15) is 0 Å². The van der Waals surface area contributed by atoms with Gasteiger partial charge in [-0.05, 0) is 44.5 Å². The maximum absolute atomic E-state index is 6.19. The van der Waals surface area contributed by atoms with Gasteiger partial charge in [0.2, 0.25) is 5.88 Å². The molecule has 0 unspecified atom stereocenters. The Morgan fingerprint density at radius 3 is 3.03 bits per heavy atom. The van der Waals surface area contributed by atoms with Gasteiger partial charge in [-0.3, -0.25) is 0 Å². The van der Waals surface area contributed by atoms with Crippen LogP contribution in [0.25, 0.3) is 28.1 Å². The number of likely N-dealkylation sites (N-methyl/N-ethyl adjacent to an activating group) is 1. The van der Waals surface area contributed by atoms with Crippen LogP contribution in [0, 0.1) is 0 Å². The molecule has 1 saturated heterocycles. The molecule has 9 nitrogen and oxygen atoms in total. The number of rotatable bonds is 9. The molecular weight excluding hydrogens is 408 g/mol. The molecule has 1 atom stereocenters. The normalized spacial score (nSPS) is 16.2. The van der Waals surface area contributed by atoms with Crippen molar-refractivity contribution in [2.75, 3.05) is 44.9 Å². The molecule has 1 N–H and O–H groups in total. The van der Waals surface area contributed by atoms with Gasteiger partial charge in [0.25, 0.3) is 0 Å². The van der Waals surface area contributed by atoms with Gasteiger partial charge in [0, 0.05) is 38.5 Å². The van der Waals surface area contributed by atoms with Gasteiger partial charge >= 0.3 is 0 Å². The van der Waals surface area contributed by atoms with Crippen LogP contribution in [-0.2, 0) is 4.74 Å². The zero-order chi connectivity index (χ0) is 21.9. The van der Waals surface area contributed by atoms with E-state index in [0.29, 0.717) is 30.9 Å². The first kappa shape index (κ1) is 20.7. The summed E-state index contributed by atoms with van der Waals surface area (Å²) in [6.07, 6.45) is 5.87. The van der Waals surface area contributed by atoms with E-state index < -0.39 is 0 Å². The maximum atomic E-state index is 6.19. The number of imidazole rings is 1. The van der Waals surface area contributed by atoms with E-state index in [4.69, 9.17) is 13.9 Å². The van der Waals surface area contributed by atoms with E-state index in [1.54, 1.807) is 24.0 Å². The van der Waals surface area contributed by atoms with Gasteiger partial charge in [-0.2, -0.15) is 0 Å². The van der Waals surface area contributed by atoms with E-state index in [-0.39, 0.29) is 0 Å². The smallest absolute Gasteiger partial charge is 0.231 e. The van der Waals surface area contributed by atoms with Crippen LogP contribution in [0.3, 0.4) is 0 Å². The summed E-state index contributed by atoms with van der Waals surface area (Å²) in [6.45, 7) is 5.98. The molecule has 0 amide bonds. The van der Waals surface area contributed by atoms with Gasteiger partial charge in [0.15, 0.2) is 11.4 Å². The summed E-state index contributed by atoms with van der Waals surface area (Å²) in [5, 5.41) is 9.05. The molecule has 9 heteroatoms. The number of nitrogens with one attached hydrogen (secondary N) is 1. The van der Waals surface area contributed by atoms with Crippen molar-refractivity contribution in [3.8, 4) is 17.3 Å². The molecule has 4 aromatic rings. The van der Waals surface area contributed by atoms with Crippen molar-refractivity contribution in [1.29, 1.82) is 0 Å². The number of nitrogens with zero attached hydrogens (tertiary/aromatic N) is 5. The SMILES string of the molecule is CCN(CCOC)c1nccc2oc(-c3cnc4ccc(OC[C@@H]5CCCN5)nn34)cc12. The summed E-state index contributed by atoms with van der Waals surface area (Å²) in [4.78, 5) is 11.3. The first-order valence-corrected chi connectivity index (χ1v) is 11.1. The van der Waals surface area contributed by atoms with Gasteiger partial charge < -0.3 is 24.1 Å². The summed E-state index contributed by atoms with van der Waals surface area (Å²) >= 11 is 0. The lowest BCUT2D eigenvalue weighted by molar-refractivity contribution is 0.205. The third kappa shape index (κ3) is 4.01. The average Bonchev–Trinajstić information content (AvgIpc) is 3.57. The van der Waals surface area contributed by atoms with E-state index in [2.05, 4.69) is 32.2 Å². The molecule has 1 aliphatic heterocycles. The van der Waals surface area contributed by atoms with Gasteiger partial charge in [-0.15, -0.1) is 5.10 Å². The number of pyridine rings is 1. The van der Waals surface area contributed by atoms with Crippen LogP contribution in [-0.4, -0.2) is 65.6 Å². The number of methoxy groups -OCH3 is 1. The Labute approximate surface area is 186 Å². The molecule has 0 saturated carbocycles. The zero-order valence-electron chi connectivity index (χ0n) is 18.5. The topological polar surface area (TPSA) is 90.0 Å². The van der Waals surface area contributed by atoms with Crippen LogP contribution in [0.4, 0.5) is 5.82 Å². The van der Waals surface area contributed by atoms with Crippen molar-refractivity contribution in [1.82, 2.24) is 24.9 Å². The highest BCUT2D eigenvalue weighted by atomic mass is 16.5. The maximum Gasteiger partial charge on any atom is 0.231 e. The van der Waals surface area contributed by atoms with Crippen LogP contribution >= 0.6 is 0 Å². The third-order valence-electron chi connectivity index (χ3n) is 5.86. The molecule has 5 heterocycles. The quantitative estimate of drug-likeness (QED) is 0.428. The van der Waals surface area contributed by atoms with Gasteiger partial charge in [0.1, 0.15) is 23.7 Å². The number of hydrogen-bond acceptors (Lipinski definition) is 8. The summed E-state index contributed by atoms with van der Waals surface area (Å²) < 4.78 is 19.2. The Morgan fingerprint density at radius 2 is 2.22 bits per heavy atom. The molecule has 1 fully saturated rings. The summed E-state index contributed by atoms with van der Waals surface area (Å²) in [6, 6.07) is 8.04. The Kier molecular flexibility index (Phi) is 5.91. The second-order valence-corrected chi connectivity index (χ2v) is 7.92. The van der Waals surface area contributed by atoms with Crippen molar-refractivity contribution >= 4 is 22.4 Å². The number of hydrogen-bond donors (Lipinski definition) is 1. The number of anilines is 1. The molecule has 0 bridgehead atoms. The van der Waals surface area contributed by atoms with E-state index >= 15 is 0 Å². The van der Waals surface area contributed by atoms with Gasteiger partial charge in [-0.1, -0.05) is 0 Å². The minimum Gasteiger partial charge on any atom is -0.475 e. The fourth-order valence-corrected chi connectivity index (χ4v) is 4.13. The molecular formula is C23H28N6O3. The lowest BCUT2D eigenvalue weighted by Crippen LogP contribution is -2.28. The lowest BCUT2D eigenvalue weighted by Gasteiger charge is -2.21. The highest BCUT2D eigenvalue weighted by Crippen LogP contribution is 2.33. The second kappa shape index (κ2) is 9.13. The fourth-order valence-electron chi connectivity index (χ4n) is 4.13. The first-order chi connectivity index (χ1) is 15.8. The summed E-state index contributed by atoms with van der Waals surface area (Å²) in [5.41, 5.74) is 2.28. The first-order valence-electron chi connectivity index (χ1n) is 11.1. The van der Waals surface area contributed by atoms with Crippen molar-refractivity contribution in [2.45, 2.75) is 25.8 Å². The Morgan fingerprint density at radius 1 is 1.28 bits per heavy atom. The lowest BCUT2D eigenvalue weighted by atomic mass is 10.2. The van der Waals surface area contributed by atoms with Crippen molar-refractivity contribution in [3.05, 3.63) is 36.7 Å². The Balaban J connectivity index is 1.47. The van der Waals surface area contributed by atoms with Gasteiger partial charge in [-0.25, -0.2) is 14.5 Å². The fraction of sp³-hybridized carbons (Fsp3) is 0.435. The molecule has 1 aliphatic rings. The molecule has 0 radical (unpaired) electrons. The van der Waals surface area contributed by atoms with E-state index in [1.807, 2.05) is 24.3 Å². The number of aromatic nitrogens is 4. The predicted octanol–water partition coefficient (Wildman–Crippen LogP) is 3.14. The van der Waals surface area contributed by atoms with E-state index in [0.717, 1.165) is 54.2 Å². The van der Waals surface area contributed by atoms with Crippen LogP contribution in [0.1, 0.15) is 19.8 Å². The van der Waals surface area contributed by atoms with Crippen LogP contribution < -0.4 is 15.0 Å². The average molecular weight is 437 g/mol. The van der Waals surface area contributed by atoms with Crippen LogP contribution in [0.15, 0.2) is 41.1 Å². The standard InChI is InChI=1S/C23H28N6O3/c1-3-28(11-12-30-2)23-17-13-20(32-19(17)8-10-25-23)18-14-26-21-6-7-22(27-29(18)21)31-15-16-5-4-9-24-16/h6-8,10,13-14,16,24H,3-5,9,11-12,15H2,1-2H3/t16-/m0/s1. The second-order valence-electron chi connectivity index (χ2n) is 7.92. The van der Waals surface area contributed by atoms with Gasteiger partial charge in [0.05, 0.1) is 18.2 Å². The highest BCUT2D eigenvalue weighted by Gasteiger charge is 2.19. The molecule has 4 aromatic heterocycles. The van der Waals surface area contributed by atoms with Crippen LogP contribution in [0.2, 0.25) is 0 Å². The van der Waals surface area contributed by atoms with Crippen molar-refractivity contribution in [2.24, 2.45) is 0 Å². The van der Waals surface area contributed by atoms with Crippen LogP contribution in [0.5, 0.6) is 5.88 Å². The van der Waals surface area contributed by atoms with E-state index in [1.165, 1.54) is 6.42 Å². The third-order valence-corrected chi connectivity index (χ3v) is 5.86. The molecule has 5 rings (SSSR count). The Hall–Kier alpha value is -3.17. The number of fused-ring (bicyclic) bond motifs is 2. The molecule has 0 spiro atoms. The predicted molar refractivity (Wildman–Crippen MR) is 122 cm³/mol. The number of ether oxygens (including phenoxy) is 2. The largest absolute Gasteiger partial charge is 0.475 e. The molecule has 0 aliphatic carbocycles. The Bertz CT molecular complexity index is 1200. The minimum absolute atomic E-state index is 0.385. The number of furan rings is 1. The van der Waals surface area contributed by atoms with Crippen molar-refractivity contribution in [3.63, 3.8) is 0 Å². The molecule has 168 valence electrons. The highest BCUT2D eigenvalue weighted by molar-refractivity contribution is 5.91. The van der Waals surface area contributed by atoms with Crippen molar-refractivity contribution < 1.29 is 13.9 Å².